The molecule has 210 valence electrons. The molecule has 1 saturated heterocycles. The third kappa shape index (κ3) is 4.04. The Morgan fingerprint density at radius 3 is 2.07 bits per heavy atom. The van der Waals surface area contributed by atoms with Crippen molar-refractivity contribution in [2.24, 2.45) is 0 Å². The van der Waals surface area contributed by atoms with Crippen LogP contribution in [0.25, 0.3) is 21.5 Å². The number of nitrogens with zero attached hydrogens (tertiary/aromatic N) is 2. The molecule has 0 radical (unpaired) electrons. The number of rotatable bonds is 5. The SMILES string of the molecule is O=C(c1ccccc1F)N1CCC2(Cc3cccc4ccccc34)c3ccccc3N(Cc3cccc4ccccc34)C12. The Morgan fingerprint density at radius 1 is 0.698 bits per heavy atom. The highest BCUT2D eigenvalue weighted by Crippen LogP contribution is 2.55. The summed E-state index contributed by atoms with van der Waals surface area (Å²) in [5.74, 6) is -0.728. The second kappa shape index (κ2) is 10.1. The van der Waals surface area contributed by atoms with E-state index in [2.05, 4.69) is 114 Å². The predicted octanol–water partition coefficient (Wildman–Crippen LogP) is 8.51. The molecule has 8 rings (SSSR count). The minimum atomic E-state index is -0.477. The van der Waals surface area contributed by atoms with Crippen LogP contribution in [0, 0.1) is 5.82 Å². The molecule has 3 nitrogen and oxygen atoms in total. The van der Waals surface area contributed by atoms with Gasteiger partial charge in [0, 0.05) is 24.2 Å². The van der Waals surface area contributed by atoms with Gasteiger partial charge in [-0.1, -0.05) is 115 Å². The van der Waals surface area contributed by atoms with E-state index in [1.165, 1.54) is 44.3 Å². The van der Waals surface area contributed by atoms with Gasteiger partial charge in [0.25, 0.3) is 5.91 Å². The summed E-state index contributed by atoms with van der Waals surface area (Å²) in [7, 11) is 0. The first-order valence-electron chi connectivity index (χ1n) is 15.0. The lowest BCUT2D eigenvalue weighted by Crippen LogP contribution is -2.52. The van der Waals surface area contributed by atoms with Crippen LogP contribution in [0.15, 0.2) is 133 Å². The van der Waals surface area contributed by atoms with Crippen molar-refractivity contribution in [2.75, 3.05) is 11.4 Å². The summed E-state index contributed by atoms with van der Waals surface area (Å²) in [6.07, 6.45) is 1.31. The molecule has 0 aromatic heterocycles. The van der Waals surface area contributed by atoms with Crippen LogP contribution in [-0.4, -0.2) is 23.5 Å². The number of anilines is 1. The lowest BCUT2D eigenvalue weighted by Gasteiger charge is -2.39. The number of fused-ring (bicyclic) bond motifs is 5. The minimum absolute atomic E-state index is 0.129. The van der Waals surface area contributed by atoms with Gasteiger partial charge in [-0.15, -0.1) is 0 Å². The van der Waals surface area contributed by atoms with E-state index in [1.54, 1.807) is 18.2 Å². The van der Waals surface area contributed by atoms with E-state index in [-0.39, 0.29) is 23.1 Å². The third-order valence-electron chi connectivity index (χ3n) is 9.60. The van der Waals surface area contributed by atoms with Gasteiger partial charge in [-0.05, 0) is 69.3 Å². The molecular formula is C39H31FN2O. The van der Waals surface area contributed by atoms with Gasteiger partial charge in [-0.3, -0.25) is 4.79 Å². The Bertz CT molecular complexity index is 2010. The van der Waals surface area contributed by atoms with Crippen LogP contribution in [0.5, 0.6) is 0 Å². The van der Waals surface area contributed by atoms with Gasteiger partial charge in [-0.2, -0.15) is 0 Å². The fourth-order valence-electron chi connectivity index (χ4n) is 7.74. The highest BCUT2D eigenvalue weighted by molar-refractivity contribution is 5.96. The van der Waals surface area contributed by atoms with Gasteiger partial charge in [-0.25, -0.2) is 4.39 Å². The van der Waals surface area contributed by atoms with E-state index in [4.69, 9.17) is 0 Å². The molecule has 6 aromatic carbocycles. The van der Waals surface area contributed by atoms with Crippen LogP contribution in [0.3, 0.4) is 0 Å². The van der Waals surface area contributed by atoms with E-state index >= 15 is 4.39 Å². The molecule has 4 heteroatoms. The second-order valence-electron chi connectivity index (χ2n) is 11.9. The quantitative estimate of drug-likeness (QED) is 0.210. The standard InChI is InChI=1S/C39H31FN2O/c40-35-21-7-5-19-33(35)37(43)41-24-23-39(25-29-15-9-13-27-11-1-3-17-31(27)29)34-20-6-8-22-36(34)42(38(39)41)26-30-16-10-14-28-12-2-4-18-32(28)30/h1-22,38H,23-26H2. The zero-order chi connectivity index (χ0) is 29.0. The number of hydrogen-bond acceptors (Lipinski definition) is 2. The Labute approximate surface area is 250 Å². The maximum Gasteiger partial charge on any atom is 0.258 e. The number of para-hydroxylation sites is 1. The number of carbonyl (C=O) groups excluding carboxylic acids is 1. The van der Waals surface area contributed by atoms with Gasteiger partial charge in [0.1, 0.15) is 12.0 Å². The zero-order valence-corrected chi connectivity index (χ0v) is 23.8. The molecule has 2 heterocycles. The fourth-order valence-corrected chi connectivity index (χ4v) is 7.74. The van der Waals surface area contributed by atoms with Crippen LogP contribution in [0.4, 0.5) is 10.1 Å². The number of hydrogen-bond donors (Lipinski definition) is 0. The number of benzene rings is 6. The Morgan fingerprint density at radius 2 is 1.30 bits per heavy atom. The first-order valence-corrected chi connectivity index (χ1v) is 15.0. The van der Waals surface area contributed by atoms with Crippen molar-refractivity contribution in [3.8, 4) is 0 Å². The molecule has 2 aliphatic rings. The largest absolute Gasteiger partial charge is 0.346 e. The first kappa shape index (κ1) is 25.7. The Hall–Kier alpha value is -4.96. The van der Waals surface area contributed by atoms with E-state index in [9.17, 15) is 4.79 Å². The topological polar surface area (TPSA) is 23.6 Å². The molecule has 1 amide bonds. The average Bonchev–Trinajstić information content (AvgIpc) is 3.54. The lowest BCUT2D eigenvalue weighted by atomic mass is 9.73. The van der Waals surface area contributed by atoms with Gasteiger partial charge >= 0.3 is 0 Å². The van der Waals surface area contributed by atoms with E-state index in [0.717, 1.165) is 18.5 Å². The van der Waals surface area contributed by atoms with Crippen molar-refractivity contribution in [3.05, 3.63) is 162 Å². The minimum Gasteiger partial charge on any atom is -0.346 e. The van der Waals surface area contributed by atoms with Crippen LogP contribution >= 0.6 is 0 Å². The summed E-state index contributed by atoms with van der Waals surface area (Å²) >= 11 is 0. The molecule has 0 N–H and O–H groups in total. The summed E-state index contributed by atoms with van der Waals surface area (Å²) in [4.78, 5) is 18.6. The smallest absolute Gasteiger partial charge is 0.258 e. The van der Waals surface area contributed by atoms with Gasteiger partial charge in [0.15, 0.2) is 0 Å². The van der Waals surface area contributed by atoms with Gasteiger partial charge in [0.05, 0.1) is 5.56 Å². The number of amides is 1. The van der Waals surface area contributed by atoms with Crippen molar-refractivity contribution >= 4 is 33.1 Å². The molecule has 2 atom stereocenters. The normalized spacial score (nSPS) is 19.1. The summed E-state index contributed by atoms with van der Waals surface area (Å²) in [6.45, 7) is 1.20. The molecule has 0 bridgehead atoms. The molecular weight excluding hydrogens is 531 g/mol. The highest BCUT2D eigenvalue weighted by Gasteiger charge is 2.58. The second-order valence-corrected chi connectivity index (χ2v) is 11.9. The van der Waals surface area contributed by atoms with Crippen LogP contribution in [0.2, 0.25) is 0 Å². The van der Waals surface area contributed by atoms with E-state index in [1.807, 2.05) is 4.90 Å². The Balaban J connectivity index is 1.31. The zero-order valence-electron chi connectivity index (χ0n) is 23.8. The van der Waals surface area contributed by atoms with Crippen molar-refractivity contribution in [2.45, 2.75) is 31.0 Å². The van der Waals surface area contributed by atoms with Gasteiger partial charge < -0.3 is 9.80 Å². The first-order chi connectivity index (χ1) is 21.1. The van der Waals surface area contributed by atoms with Crippen LogP contribution < -0.4 is 4.90 Å². The number of carbonyl (C=O) groups is 1. The molecule has 0 spiro atoms. The third-order valence-corrected chi connectivity index (χ3v) is 9.60. The van der Waals surface area contributed by atoms with Gasteiger partial charge in [0.2, 0.25) is 0 Å². The van der Waals surface area contributed by atoms with Crippen molar-refractivity contribution < 1.29 is 9.18 Å². The summed E-state index contributed by atoms with van der Waals surface area (Å²) in [5.41, 5.74) is 4.66. The molecule has 2 unspecified atom stereocenters. The van der Waals surface area contributed by atoms with Crippen molar-refractivity contribution in [3.63, 3.8) is 0 Å². The van der Waals surface area contributed by atoms with E-state index in [0.29, 0.717) is 13.1 Å². The summed E-state index contributed by atoms with van der Waals surface area (Å²) in [5, 5.41) is 4.85. The van der Waals surface area contributed by atoms with Crippen molar-refractivity contribution in [1.29, 1.82) is 0 Å². The average molecular weight is 563 g/mol. The Kier molecular flexibility index (Phi) is 6.04. The fraction of sp³-hybridized carbons (Fsp3) is 0.154. The predicted molar refractivity (Wildman–Crippen MR) is 172 cm³/mol. The molecule has 43 heavy (non-hydrogen) atoms. The summed E-state index contributed by atoms with van der Waals surface area (Å²) in [6, 6.07) is 45.0. The highest BCUT2D eigenvalue weighted by atomic mass is 19.1. The molecule has 1 fully saturated rings. The number of likely N-dealkylation sites (tertiary alicyclic amines) is 1. The maximum atomic E-state index is 15.1. The number of halogens is 1. The summed E-state index contributed by atoms with van der Waals surface area (Å²) < 4.78 is 15.1. The molecule has 6 aromatic rings. The molecule has 2 aliphatic heterocycles. The van der Waals surface area contributed by atoms with Crippen molar-refractivity contribution in [1.82, 2.24) is 4.90 Å². The lowest BCUT2D eigenvalue weighted by molar-refractivity contribution is 0.0704. The van der Waals surface area contributed by atoms with E-state index < -0.39 is 5.82 Å². The van der Waals surface area contributed by atoms with Crippen LogP contribution in [-0.2, 0) is 18.4 Å². The van der Waals surface area contributed by atoms with Crippen LogP contribution in [0.1, 0.15) is 33.5 Å². The molecule has 0 saturated carbocycles. The molecule has 0 aliphatic carbocycles. The maximum absolute atomic E-state index is 15.1. The monoisotopic (exact) mass is 562 g/mol.